The minimum atomic E-state index is 0.0641. The molecule has 1 heterocycles. The van der Waals surface area contributed by atoms with E-state index in [1.54, 1.807) is 11.3 Å². The largest absolute Gasteiger partial charge is 0.395 e. The monoisotopic (exact) mass is 290 g/mol. The topological polar surface area (TPSA) is 45.2 Å². The highest BCUT2D eigenvalue weighted by Crippen LogP contribution is 2.25. The normalized spacial score (nSPS) is 14.2. The molecule has 2 aromatic rings. The second-order valence-electron chi connectivity index (χ2n) is 5.14. The van der Waals surface area contributed by atoms with Crippen LogP contribution in [0.2, 0.25) is 0 Å². The summed E-state index contributed by atoms with van der Waals surface area (Å²) >= 11 is 1.73. The number of aryl methyl sites for hydroxylation is 2. The molecule has 0 spiro atoms. The molecule has 108 valence electrons. The van der Waals surface area contributed by atoms with Crippen molar-refractivity contribution in [3.8, 4) is 0 Å². The Morgan fingerprint density at radius 2 is 1.95 bits per heavy atom. The van der Waals surface area contributed by atoms with E-state index in [1.807, 2.05) is 32.0 Å². The van der Waals surface area contributed by atoms with Crippen LogP contribution in [-0.2, 0) is 6.42 Å². The average Bonchev–Trinajstić information content (AvgIpc) is 2.78. The van der Waals surface area contributed by atoms with E-state index in [4.69, 9.17) is 0 Å². The SMILES string of the molecule is Cc1nc(C)c(C(C)NC(CO)Cc2ccccc2)s1. The van der Waals surface area contributed by atoms with Crippen LogP contribution < -0.4 is 5.32 Å². The number of hydrogen-bond donors (Lipinski definition) is 2. The van der Waals surface area contributed by atoms with Crippen LogP contribution in [0.1, 0.15) is 34.1 Å². The Labute approximate surface area is 124 Å². The third-order valence-corrected chi connectivity index (χ3v) is 4.62. The average molecular weight is 290 g/mol. The molecule has 0 aliphatic carbocycles. The fourth-order valence-corrected chi connectivity index (χ4v) is 3.39. The molecular formula is C16H22N2OS. The molecule has 0 aliphatic rings. The van der Waals surface area contributed by atoms with Gasteiger partial charge in [-0.25, -0.2) is 4.98 Å². The first kappa shape index (κ1) is 15.2. The zero-order valence-electron chi connectivity index (χ0n) is 12.3. The first-order chi connectivity index (χ1) is 9.60. The molecule has 0 fully saturated rings. The number of aromatic nitrogens is 1. The summed E-state index contributed by atoms with van der Waals surface area (Å²) in [5.41, 5.74) is 2.33. The fourth-order valence-electron chi connectivity index (χ4n) is 2.45. The summed E-state index contributed by atoms with van der Waals surface area (Å²) in [6, 6.07) is 10.5. The molecule has 2 unspecified atom stereocenters. The number of nitrogens with zero attached hydrogens (tertiary/aromatic N) is 1. The van der Waals surface area contributed by atoms with Crippen molar-refractivity contribution in [2.24, 2.45) is 0 Å². The van der Waals surface area contributed by atoms with E-state index in [9.17, 15) is 5.11 Å². The molecule has 0 saturated carbocycles. The van der Waals surface area contributed by atoms with Crippen LogP contribution in [0.4, 0.5) is 0 Å². The van der Waals surface area contributed by atoms with Gasteiger partial charge in [0.15, 0.2) is 0 Å². The van der Waals surface area contributed by atoms with E-state index in [-0.39, 0.29) is 18.7 Å². The summed E-state index contributed by atoms with van der Waals surface area (Å²) in [6.07, 6.45) is 0.832. The van der Waals surface area contributed by atoms with E-state index >= 15 is 0 Å². The highest BCUT2D eigenvalue weighted by atomic mass is 32.1. The van der Waals surface area contributed by atoms with Gasteiger partial charge in [-0.05, 0) is 32.8 Å². The molecule has 2 atom stereocenters. The lowest BCUT2D eigenvalue weighted by Gasteiger charge is -2.21. The second-order valence-corrected chi connectivity index (χ2v) is 6.37. The van der Waals surface area contributed by atoms with Crippen LogP contribution in [0, 0.1) is 13.8 Å². The number of rotatable bonds is 6. The van der Waals surface area contributed by atoms with Crippen molar-refractivity contribution in [3.05, 3.63) is 51.5 Å². The highest BCUT2D eigenvalue weighted by Gasteiger charge is 2.17. The van der Waals surface area contributed by atoms with Gasteiger partial charge in [0.05, 0.1) is 17.3 Å². The van der Waals surface area contributed by atoms with Crippen LogP contribution >= 0.6 is 11.3 Å². The standard InChI is InChI=1S/C16H22N2OS/c1-11-16(20-13(3)17-11)12(2)18-15(10-19)9-14-7-5-4-6-8-14/h4-8,12,15,18-19H,9-10H2,1-3H3. The Hall–Kier alpha value is -1.23. The van der Waals surface area contributed by atoms with Crippen LogP contribution in [0.5, 0.6) is 0 Å². The Morgan fingerprint density at radius 3 is 2.50 bits per heavy atom. The van der Waals surface area contributed by atoms with Crippen LogP contribution in [-0.4, -0.2) is 22.7 Å². The molecule has 3 nitrogen and oxygen atoms in total. The van der Waals surface area contributed by atoms with Crippen molar-refractivity contribution in [1.82, 2.24) is 10.3 Å². The molecule has 0 aliphatic heterocycles. The number of nitrogens with one attached hydrogen (secondary N) is 1. The number of aliphatic hydroxyl groups is 1. The molecule has 1 aromatic heterocycles. The maximum atomic E-state index is 9.58. The predicted molar refractivity (Wildman–Crippen MR) is 84.2 cm³/mol. The summed E-state index contributed by atoms with van der Waals surface area (Å²) < 4.78 is 0. The second kappa shape index (κ2) is 6.97. The zero-order chi connectivity index (χ0) is 14.5. The molecule has 1 aromatic carbocycles. The van der Waals surface area contributed by atoms with Gasteiger partial charge in [0.1, 0.15) is 0 Å². The molecule has 0 amide bonds. The van der Waals surface area contributed by atoms with Gasteiger partial charge in [0, 0.05) is 17.0 Å². The third-order valence-electron chi connectivity index (χ3n) is 3.36. The molecule has 0 radical (unpaired) electrons. The molecule has 2 N–H and O–H groups in total. The summed E-state index contributed by atoms with van der Waals surface area (Å²) in [5, 5.41) is 14.2. The lowest BCUT2D eigenvalue weighted by atomic mass is 10.1. The van der Waals surface area contributed by atoms with Gasteiger partial charge in [-0.3, -0.25) is 0 Å². The van der Waals surface area contributed by atoms with Crippen molar-refractivity contribution in [3.63, 3.8) is 0 Å². The van der Waals surface area contributed by atoms with E-state index in [0.29, 0.717) is 0 Å². The van der Waals surface area contributed by atoms with E-state index in [2.05, 4.69) is 29.4 Å². The van der Waals surface area contributed by atoms with Crippen LogP contribution in [0.25, 0.3) is 0 Å². The minimum absolute atomic E-state index is 0.0641. The minimum Gasteiger partial charge on any atom is -0.395 e. The molecule has 2 rings (SSSR count). The first-order valence-electron chi connectivity index (χ1n) is 6.95. The Balaban J connectivity index is 2.01. The van der Waals surface area contributed by atoms with Crippen molar-refractivity contribution in [2.45, 2.75) is 39.3 Å². The van der Waals surface area contributed by atoms with E-state index in [1.165, 1.54) is 10.4 Å². The Morgan fingerprint density at radius 1 is 1.25 bits per heavy atom. The van der Waals surface area contributed by atoms with E-state index < -0.39 is 0 Å². The predicted octanol–water partition coefficient (Wildman–Crippen LogP) is 3.01. The first-order valence-corrected chi connectivity index (χ1v) is 7.76. The molecule has 20 heavy (non-hydrogen) atoms. The van der Waals surface area contributed by atoms with Crippen LogP contribution in [0.3, 0.4) is 0 Å². The lowest BCUT2D eigenvalue weighted by Crippen LogP contribution is -2.36. The van der Waals surface area contributed by atoms with Crippen molar-refractivity contribution < 1.29 is 5.11 Å². The maximum Gasteiger partial charge on any atom is 0.0900 e. The van der Waals surface area contributed by atoms with Gasteiger partial charge in [-0.15, -0.1) is 11.3 Å². The molecule has 0 saturated heterocycles. The highest BCUT2D eigenvalue weighted by molar-refractivity contribution is 7.11. The van der Waals surface area contributed by atoms with Crippen molar-refractivity contribution >= 4 is 11.3 Å². The van der Waals surface area contributed by atoms with Gasteiger partial charge in [-0.1, -0.05) is 30.3 Å². The van der Waals surface area contributed by atoms with E-state index in [0.717, 1.165) is 17.1 Å². The van der Waals surface area contributed by atoms with Gasteiger partial charge in [-0.2, -0.15) is 0 Å². The third kappa shape index (κ3) is 3.88. The number of benzene rings is 1. The number of thiazole rings is 1. The summed E-state index contributed by atoms with van der Waals surface area (Å²) in [5.74, 6) is 0. The van der Waals surface area contributed by atoms with Gasteiger partial charge < -0.3 is 10.4 Å². The fraction of sp³-hybridized carbons (Fsp3) is 0.438. The summed E-state index contributed by atoms with van der Waals surface area (Å²) in [4.78, 5) is 5.72. The van der Waals surface area contributed by atoms with Gasteiger partial charge >= 0.3 is 0 Å². The lowest BCUT2D eigenvalue weighted by molar-refractivity contribution is 0.233. The summed E-state index contributed by atoms with van der Waals surface area (Å²) in [7, 11) is 0. The van der Waals surface area contributed by atoms with Crippen LogP contribution in [0.15, 0.2) is 30.3 Å². The Kier molecular flexibility index (Phi) is 5.29. The molecular weight excluding hydrogens is 268 g/mol. The molecule has 4 heteroatoms. The number of hydrogen-bond acceptors (Lipinski definition) is 4. The van der Waals surface area contributed by atoms with Gasteiger partial charge in [0.25, 0.3) is 0 Å². The van der Waals surface area contributed by atoms with Gasteiger partial charge in [0.2, 0.25) is 0 Å². The number of aliphatic hydroxyl groups excluding tert-OH is 1. The van der Waals surface area contributed by atoms with Crippen molar-refractivity contribution in [2.75, 3.05) is 6.61 Å². The quantitative estimate of drug-likeness (QED) is 0.859. The zero-order valence-corrected chi connectivity index (χ0v) is 13.1. The smallest absolute Gasteiger partial charge is 0.0900 e. The maximum absolute atomic E-state index is 9.58. The molecule has 0 bridgehead atoms. The Bertz CT molecular complexity index is 539. The van der Waals surface area contributed by atoms with Crippen molar-refractivity contribution in [1.29, 1.82) is 0 Å². The summed E-state index contributed by atoms with van der Waals surface area (Å²) in [6.45, 7) is 6.34.